The van der Waals surface area contributed by atoms with E-state index < -0.39 is 11.7 Å². The molecule has 0 saturated heterocycles. The van der Waals surface area contributed by atoms with E-state index in [4.69, 9.17) is 11.6 Å². The summed E-state index contributed by atoms with van der Waals surface area (Å²) in [7, 11) is 1.89. The molecule has 1 aliphatic carbocycles. The largest absolute Gasteiger partial charge is 0.417 e. The highest BCUT2D eigenvalue weighted by molar-refractivity contribution is 6.31. The van der Waals surface area contributed by atoms with Crippen molar-refractivity contribution >= 4 is 23.2 Å². The molecule has 1 fully saturated rings. The Morgan fingerprint density at radius 2 is 1.88 bits per heavy atom. The van der Waals surface area contributed by atoms with Crippen molar-refractivity contribution in [2.24, 2.45) is 0 Å². The minimum absolute atomic E-state index is 0.103. The molecule has 1 aromatic carbocycles. The third-order valence-corrected chi connectivity index (χ3v) is 4.73. The number of likely N-dealkylation sites (N-methyl/N-ethyl adjacent to an activating group) is 1. The molecule has 134 valence electrons. The molecule has 1 saturated carbocycles. The number of anilines is 1. The molecule has 1 amide bonds. The fraction of sp³-hybridized carbons (Fsp3) is 0.588. The number of amides is 1. The maximum Gasteiger partial charge on any atom is 0.417 e. The number of rotatable bonds is 4. The molecule has 7 heteroatoms. The molecule has 0 bridgehead atoms. The fourth-order valence-electron chi connectivity index (χ4n) is 3.07. The first kappa shape index (κ1) is 19.1. The van der Waals surface area contributed by atoms with Gasteiger partial charge in [0.1, 0.15) is 0 Å². The number of hydrogen-bond acceptors (Lipinski definition) is 2. The number of nitrogens with zero attached hydrogens (tertiary/aromatic N) is 1. The lowest BCUT2D eigenvalue weighted by atomic mass is 10.1. The Morgan fingerprint density at radius 1 is 1.25 bits per heavy atom. The predicted octanol–water partition coefficient (Wildman–Crippen LogP) is 4.95. The molecule has 1 N–H and O–H groups in total. The number of carbonyl (C=O) groups excluding carboxylic acids is 1. The highest BCUT2D eigenvalue weighted by Crippen LogP contribution is 2.36. The van der Waals surface area contributed by atoms with Gasteiger partial charge in [0, 0.05) is 11.7 Å². The minimum atomic E-state index is -4.55. The van der Waals surface area contributed by atoms with Crippen LogP contribution in [-0.2, 0) is 11.0 Å². The summed E-state index contributed by atoms with van der Waals surface area (Å²) in [4.78, 5) is 14.1. The smallest absolute Gasteiger partial charge is 0.325 e. The highest BCUT2D eigenvalue weighted by atomic mass is 35.5. The third-order valence-electron chi connectivity index (χ3n) is 4.40. The van der Waals surface area contributed by atoms with E-state index in [1.54, 1.807) is 0 Å². The minimum Gasteiger partial charge on any atom is -0.325 e. The molecule has 24 heavy (non-hydrogen) atoms. The van der Waals surface area contributed by atoms with Gasteiger partial charge in [0.05, 0.1) is 17.1 Å². The topological polar surface area (TPSA) is 32.3 Å². The van der Waals surface area contributed by atoms with Gasteiger partial charge in [0.2, 0.25) is 5.91 Å². The van der Waals surface area contributed by atoms with Gasteiger partial charge in [0.15, 0.2) is 0 Å². The number of hydrogen-bond donors (Lipinski definition) is 1. The first-order chi connectivity index (χ1) is 11.3. The Hall–Kier alpha value is -1.27. The lowest BCUT2D eigenvalue weighted by Gasteiger charge is -2.26. The maximum absolute atomic E-state index is 12.9. The second-order valence-electron chi connectivity index (χ2n) is 6.30. The van der Waals surface area contributed by atoms with Gasteiger partial charge in [-0.15, -0.1) is 0 Å². The summed E-state index contributed by atoms with van der Waals surface area (Å²) < 4.78 is 38.6. The summed E-state index contributed by atoms with van der Waals surface area (Å²) in [6.45, 7) is 0.161. The predicted molar refractivity (Wildman–Crippen MR) is 89.2 cm³/mol. The van der Waals surface area contributed by atoms with Crippen molar-refractivity contribution in [1.82, 2.24) is 4.90 Å². The number of nitrogens with one attached hydrogen (secondary N) is 1. The van der Waals surface area contributed by atoms with Gasteiger partial charge in [-0.3, -0.25) is 9.69 Å². The maximum atomic E-state index is 12.9. The van der Waals surface area contributed by atoms with Crippen LogP contribution in [-0.4, -0.2) is 30.4 Å². The van der Waals surface area contributed by atoms with Crippen molar-refractivity contribution in [3.8, 4) is 0 Å². The van der Waals surface area contributed by atoms with Crippen molar-refractivity contribution in [2.75, 3.05) is 18.9 Å². The van der Waals surface area contributed by atoms with Crippen LogP contribution in [0, 0.1) is 0 Å². The van der Waals surface area contributed by atoms with Gasteiger partial charge in [0.25, 0.3) is 0 Å². The van der Waals surface area contributed by atoms with E-state index in [1.807, 2.05) is 11.9 Å². The van der Waals surface area contributed by atoms with Crippen LogP contribution in [0.1, 0.15) is 44.1 Å². The Kier molecular flexibility index (Phi) is 6.52. The van der Waals surface area contributed by atoms with Gasteiger partial charge in [-0.25, -0.2) is 0 Å². The molecule has 0 aliphatic heterocycles. The number of halogens is 4. The van der Waals surface area contributed by atoms with E-state index >= 15 is 0 Å². The van der Waals surface area contributed by atoms with Crippen molar-refractivity contribution in [2.45, 2.75) is 50.7 Å². The normalized spacial score (nSPS) is 16.9. The summed E-state index contributed by atoms with van der Waals surface area (Å²) in [6, 6.07) is 3.75. The van der Waals surface area contributed by atoms with Crippen molar-refractivity contribution < 1.29 is 18.0 Å². The van der Waals surface area contributed by atoms with Gasteiger partial charge in [-0.2, -0.15) is 13.2 Å². The number of benzene rings is 1. The van der Waals surface area contributed by atoms with Crippen LogP contribution >= 0.6 is 11.6 Å². The van der Waals surface area contributed by atoms with Crippen molar-refractivity contribution in [3.05, 3.63) is 28.8 Å². The zero-order chi connectivity index (χ0) is 17.7. The number of carbonyl (C=O) groups is 1. The molecular weight excluding hydrogens is 341 g/mol. The van der Waals surface area contributed by atoms with Crippen molar-refractivity contribution in [3.63, 3.8) is 0 Å². The first-order valence-corrected chi connectivity index (χ1v) is 8.52. The fourth-order valence-corrected chi connectivity index (χ4v) is 3.30. The van der Waals surface area contributed by atoms with Gasteiger partial charge >= 0.3 is 6.18 Å². The summed E-state index contributed by atoms with van der Waals surface area (Å²) in [5.74, 6) is -0.322. The second-order valence-corrected chi connectivity index (χ2v) is 6.71. The third kappa shape index (κ3) is 5.38. The lowest BCUT2D eigenvalue weighted by molar-refractivity contribution is -0.137. The zero-order valence-corrected chi connectivity index (χ0v) is 14.4. The van der Waals surface area contributed by atoms with Crippen LogP contribution in [0.5, 0.6) is 0 Å². The molecule has 0 heterocycles. The van der Waals surface area contributed by atoms with E-state index in [-0.39, 0.29) is 23.2 Å². The van der Waals surface area contributed by atoms with Gasteiger partial charge < -0.3 is 5.32 Å². The number of alkyl halides is 3. The Bertz CT molecular complexity index is 569. The molecule has 0 atom stereocenters. The molecule has 0 spiro atoms. The van der Waals surface area contributed by atoms with Crippen LogP contribution in [0.2, 0.25) is 5.02 Å². The van der Waals surface area contributed by atoms with Gasteiger partial charge in [-0.05, 0) is 38.1 Å². The summed E-state index contributed by atoms with van der Waals surface area (Å²) in [6.07, 6.45) is 2.33. The molecular formula is C17H22ClF3N2O. The summed E-state index contributed by atoms with van der Waals surface area (Å²) in [5, 5.41) is 2.15. The van der Waals surface area contributed by atoms with Crippen LogP contribution in [0.25, 0.3) is 0 Å². The molecule has 0 unspecified atom stereocenters. The van der Waals surface area contributed by atoms with E-state index in [0.29, 0.717) is 6.04 Å². The summed E-state index contributed by atoms with van der Waals surface area (Å²) >= 11 is 5.58. The zero-order valence-electron chi connectivity index (χ0n) is 13.6. The van der Waals surface area contributed by atoms with E-state index in [2.05, 4.69) is 5.32 Å². The average molecular weight is 363 g/mol. The monoisotopic (exact) mass is 362 g/mol. The van der Waals surface area contributed by atoms with Crippen LogP contribution in [0.4, 0.5) is 18.9 Å². The first-order valence-electron chi connectivity index (χ1n) is 8.14. The SMILES string of the molecule is CN(CC(=O)Nc1ccc(Cl)c(C(F)(F)F)c1)C1CCCCCC1. The van der Waals surface area contributed by atoms with E-state index in [9.17, 15) is 18.0 Å². The molecule has 2 rings (SSSR count). The Morgan fingerprint density at radius 3 is 2.46 bits per heavy atom. The lowest BCUT2D eigenvalue weighted by Crippen LogP contribution is -2.37. The highest BCUT2D eigenvalue weighted by Gasteiger charge is 2.33. The van der Waals surface area contributed by atoms with Gasteiger partial charge in [-0.1, -0.05) is 37.3 Å². The molecule has 1 aromatic rings. The second kappa shape index (κ2) is 8.21. The molecule has 3 nitrogen and oxygen atoms in total. The average Bonchev–Trinajstić information content (AvgIpc) is 2.77. The van der Waals surface area contributed by atoms with E-state index in [0.717, 1.165) is 37.8 Å². The van der Waals surface area contributed by atoms with Crippen LogP contribution in [0.15, 0.2) is 18.2 Å². The molecule has 1 aliphatic rings. The van der Waals surface area contributed by atoms with Crippen molar-refractivity contribution in [1.29, 1.82) is 0 Å². The standard InChI is InChI=1S/C17H22ClF3N2O/c1-23(13-6-4-2-3-5-7-13)11-16(24)22-12-8-9-15(18)14(10-12)17(19,20)21/h8-10,13H,2-7,11H2,1H3,(H,22,24). The molecule has 0 radical (unpaired) electrons. The molecule has 0 aromatic heterocycles. The summed E-state index contributed by atoms with van der Waals surface area (Å²) in [5.41, 5.74) is -0.843. The Labute approximate surface area is 145 Å². The quantitative estimate of drug-likeness (QED) is 0.768. The van der Waals surface area contributed by atoms with Crippen LogP contribution < -0.4 is 5.32 Å². The van der Waals surface area contributed by atoms with Crippen LogP contribution in [0.3, 0.4) is 0 Å². The Balaban J connectivity index is 1.96. The van der Waals surface area contributed by atoms with E-state index in [1.165, 1.54) is 18.9 Å².